The van der Waals surface area contributed by atoms with Crippen molar-refractivity contribution in [1.82, 2.24) is 9.97 Å². The highest BCUT2D eigenvalue weighted by Crippen LogP contribution is 2.03. The van der Waals surface area contributed by atoms with Crippen LogP contribution in [0.3, 0.4) is 0 Å². The fourth-order valence-corrected chi connectivity index (χ4v) is 1.87. The molecule has 0 aliphatic rings. The van der Waals surface area contributed by atoms with Gasteiger partial charge in [0, 0.05) is 18.0 Å². The molecule has 1 aromatic heterocycles. The van der Waals surface area contributed by atoms with Gasteiger partial charge in [0.05, 0.1) is 5.75 Å². The summed E-state index contributed by atoms with van der Waals surface area (Å²) in [6, 6.07) is 3.48. The lowest BCUT2D eigenvalue weighted by atomic mass is 10.3. The number of aryl methyl sites for hydroxylation is 1. The van der Waals surface area contributed by atoms with Crippen LogP contribution in [0.5, 0.6) is 0 Å². The molecule has 17 heavy (non-hydrogen) atoms. The molecule has 0 aromatic carbocycles. The second-order valence-corrected chi connectivity index (χ2v) is 5.97. The first-order chi connectivity index (χ1) is 7.96. The maximum Gasteiger partial charge on any atom is 0.224 e. The molecule has 1 N–H and O–H groups in total. The summed E-state index contributed by atoms with van der Waals surface area (Å²) in [4.78, 5) is 7.98. The van der Waals surface area contributed by atoms with E-state index in [1.165, 1.54) is 0 Å². The minimum Gasteiger partial charge on any atom is -0.353 e. The highest BCUT2D eigenvalue weighted by molar-refractivity contribution is 7.91. The molecule has 0 radical (unpaired) electrons. The maximum absolute atomic E-state index is 11.2. The van der Waals surface area contributed by atoms with Crippen molar-refractivity contribution in [3.8, 4) is 6.07 Å². The Balaban J connectivity index is 2.65. The van der Waals surface area contributed by atoms with Crippen molar-refractivity contribution in [2.45, 2.75) is 13.8 Å². The summed E-state index contributed by atoms with van der Waals surface area (Å²) in [6.45, 7) is 3.59. The Bertz CT molecular complexity index is 534. The lowest BCUT2D eigenvalue weighted by molar-refractivity contribution is 0.597. The average Bonchev–Trinajstić information content (AvgIpc) is 2.28. The first-order valence-corrected chi connectivity index (χ1v) is 6.99. The van der Waals surface area contributed by atoms with Crippen LogP contribution in [0.4, 0.5) is 5.95 Å². The van der Waals surface area contributed by atoms with Crippen LogP contribution in [-0.2, 0) is 9.84 Å². The van der Waals surface area contributed by atoms with E-state index in [-0.39, 0.29) is 29.7 Å². The minimum atomic E-state index is -3.00. The molecule has 1 heterocycles. The molecule has 92 valence electrons. The van der Waals surface area contributed by atoms with E-state index < -0.39 is 9.84 Å². The van der Waals surface area contributed by atoms with Gasteiger partial charge < -0.3 is 5.32 Å². The molecule has 0 amide bonds. The van der Waals surface area contributed by atoms with Crippen molar-refractivity contribution in [2.75, 3.05) is 23.4 Å². The van der Waals surface area contributed by atoms with E-state index in [0.29, 0.717) is 5.69 Å². The molecule has 1 rings (SSSR count). The van der Waals surface area contributed by atoms with Gasteiger partial charge in [-0.1, -0.05) is 6.92 Å². The van der Waals surface area contributed by atoms with Crippen LogP contribution >= 0.6 is 0 Å². The van der Waals surface area contributed by atoms with E-state index in [2.05, 4.69) is 15.3 Å². The van der Waals surface area contributed by atoms with Gasteiger partial charge in [0.1, 0.15) is 11.8 Å². The zero-order chi connectivity index (χ0) is 12.9. The largest absolute Gasteiger partial charge is 0.353 e. The highest BCUT2D eigenvalue weighted by atomic mass is 32.2. The molecule has 0 spiro atoms. The average molecular weight is 254 g/mol. The SMILES string of the molecule is CCS(=O)(=O)CCNc1nc(C)cc(C#N)n1. The molecule has 0 saturated carbocycles. The molecule has 0 atom stereocenters. The van der Waals surface area contributed by atoms with Gasteiger partial charge in [-0.2, -0.15) is 5.26 Å². The van der Waals surface area contributed by atoms with Crippen molar-refractivity contribution >= 4 is 15.8 Å². The summed E-state index contributed by atoms with van der Waals surface area (Å²) in [7, 11) is -3.00. The van der Waals surface area contributed by atoms with Crippen LogP contribution in [-0.4, -0.2) is 36.4 Å². The van der Waals surface area contributed by atoms with Gasteiger partial charge in [0.2, 0.25) is 5.95 Å². The number of aromatic nitrogens is 2. The number of rotatable bonds is 5. The smallest absolute Gasteiger partial charge is 0.224 e. The van der Waals surface area contributed by atoms with E-state index in [4.69, 9.17) is 5.26 Å². The van der Waals surface area contributed by atoms with Crippen LogP contribution in [0, 0.1) is 18.3 Å². The Kier molecular flexibility index (Phi) is 4.40. The third-order valence-corrected chi connectivity index (χ3v) is 3.81. The van der Waals surface area contributed by atoms with Gasteiger partial charge >= 0.3 is 0 Å². The monoisotopic (exact) mass is 254 g/mol. The second kappa shape index (κ2) is 5.59. The fraction of sp³-hybridized carbons (Fsp3) is 0.500. The number of hydrogen-bond donors (Lipinski definition) is 1. The molecule has 1 aromatic rings. The van der Waals surface area contributed by atoms with Gasteiger partial charge in [0.25, 0.3) is 0 Å². The Labute approximate surface area is 101 Å². The third kappa shape index (κ3) is 4.36. The number of nitrogens with zero attached hydrogens (tertiary/aromatic N) is 3. The number of nitrogens with one attached hydrogen (secondary N) is 1. The maximum atomic E-state index is 11.2. The molecule has 0 fully saturated rings. The van der Waals surface area contributed by atoms with Crippen molar-refractivity contribution in [1.29, 1.82) is 5.26 Å². The van der Waals surface area contributed by atoms with Gasteiger partial charge in [-0.05, 0) is 13.0 Å². The Morgan fingerprint density at radius 3 is 2.76 bits per heavy atom. The summed E-state index contributed by atoms with van der Waals surface area (Å²) in [5.74, 6) is 0.433. The molecule has 0 bridgehead atoms. The zero-order valence-corrected chi connectivity index (χ0v) is 10.6. The molecule has 7 heteroatoms. The van der Waals surface area contributed by atoms with Crippen molar-refractivity contribution in [3.63, 3.8) is 0 Å². The predicted molar refractivity (Wildman–Crippen MR) is 64.3 cm³/mol. The van der Waals surface area contributed by atoms with Gasteiger partial charge in [-0.15, -0.1) is 0 Å². The molecular weight excluding hydrogens is 240 g/mol. The van der Waals surface area contributed by atoms with E-state index in [1.807, 2.05) is 6.07 Å². The number of anilines is 1. The third-order valence-electron chi connectivity index (χ3n) is 2.10. The van der Waals surface area contributed by atoms with E-state index in [0.717, 1.165) is 0 Å². The van der Waals surface area contributed by atoms with Gasteiger partial charge in [-0.3, -0.25) is 0 Å². The first kappa shape index (κ1) is 13.4. The van der Waals surface area contributed by atoms with Crippen molar-refractivity contribution < 1.29 is 8.42 Å². The van der Waals surface area contributed by atoms with Crippen LogP contribution in [0.2, 0.25) is 0 Å². The summed E-state index contributed by atoms with van der Waals surface area (Å²) in [5.41, 5.74) is 0.927. The second-order valence-electron chi connectivity index (χ2n) is 3.49. The Morgan fingerprint density at radius 1 is 1.47 bits per heavy atom. The van der Waals surface area contributed by atoms with Crippen LogP contribution < -0.4 is 5.32 Å². The molecule has 0 aliphatic heterocycles. The topological polar surface area (TPSA) is 95.7 Å². The summed E-state index contributed by atoms with van der Waals surface area (Å²) in [5, 5.41) is 11.5. The van der Waals surface area contributed by atoms with Gasteiger partial charge in [-0.25, -0.2) is 18.4 Å². The fourth-order valence-electron chi connectivity index (χ4n) is 1.17. The summed E-state index contributed by atoms with van der Waals surface area (Å²) >= 11 is 0. The predicted octanol–water partition coefficient (Wildman–Crippen LogP) is 0.503. The summed E-state index contributed by atoms with van der Waals surface area (Å²) in [6.07, 6.45) is 0. The minimum absolute atomic E-state index is 0.0304. The van der Waals surface area contributed by atoms with E-state index in [9.17, 15) is 8.42 Å². The van der Waals surface area contributed by atoms with Crippen molar-refractivity contribution in [2.24, 2.45) is 0 Å². The Hall–Kier alpha value is -1.68. The number of hydrogen-bond acceptors (Lipinski definition) is 6. The van der Waals surface area contributed by atoms with Crippen LogP contribution in [0.1, 0.15) is 18.3 Å². The van der Waals surface area contributed by atoms with Crippen LogP contribution in [0.25, 0.3) is 0 Å². The lowest BCUT2D eigenvalue weighted by Gasteiger charge is -2.05. The van der Waals surface area contributed by atoms with Gasteiger partial charge in [0.15, 0.2) is 9.84 Å². The molecule has 0 aliphatic carbocycles. The quantitative estimate of drug-likeness (QED) is 0.822. The normalized spacial score (nSPS) is 10.9. The Morgan fingerprint density at radius 2 is 2.18 bits per heavy atom. The molecule has 0 saturated heterocycles. The summed E-state index contributed by atoms with van der Waals surface area (Å²) < 4.78 is 22.5. The number of nitriles is 1. The zero-order valence-electron chi connectivity index (χ0n) is 9.77. The molecule has 0 unspecified atom stereocenters. The van der Waals surface area contributed by atoms with E-state index >= 15 is 0 Å². The van der Waals surface area contributed by atoms with Crippen LogP contribution in [0.15, 0.2) is 6.07 Å². The number of sulfone groups is 1. The highest BCUT2D eigenvalue weighted by Gasteiger charge is 2.07. The molecule has 6 nitrogen and oxygen atoms in total. The molecular formula is C10H14N4O2S. The lowest BCUT2D eigenvalue weighted by Crippen LogP contribution is -2.18. The van der Waals surface area contributed by atoms with Crippen molar-refractivity contribution in [3.05, 3.63) is 17.5 Å². The standard InChI is InChI=1S/C10H14N4O2S/c1-3-17(15,16)5-4-12-10-13-8(2)6-9(7-11)14-10/h6H,3-5H2,1-2H3,(H,12,13,14). The first-order valence-electron chi connectivity index (χ1n) is 5.17. The van der Waals surface area contributed by atoms with E-state index in [1.54, 1.807) is 19.9 Å².